The maximum atomic E-state index is 13.9. The summed E-state index contributed by atoms with van der Waals surface area (Å²) in [5.74, 6) is 0.650. The van der Waals surface area contributed by atoms with E-state index in [1.54, 1.807) is 41.7 Å². The van der Waals surface area contributed by atoms with Gasteiger partial charge in [0.15, 0.2) is 0 Å². The summed E-state index contributed by atoms with van der Waals surface area (Å²) in [6.07, 6.45) is 14.7. The number of benzene rings is 3. The molecule has 15 heteroatoms. The lowest BCUT2D eigenvalue weighted by Crippen LogP contribution is -2.54. The van der Waals surface area contributed by atoms with Gasteiger partial charge in [-0.1, -0.05) is 24.3 Å². The highest BCUT2D eigenvalue weighted by Crippen LogP contribution is 2.55. The summed E-state index contributed by atoms with van der Waals surface area (Å²) in [7, 11) is -4.53. The van der Waals surface area contributed by atoms with Crippen LogP contribution in [0.1, 0.15) is 97.7 Å². The smallest absolute Gasteiger partial charge is 0.293 e. The second kappa shape index (κ2) is 16.6. The minimum atomic E-state index is -4.53. The van der Waals surface area contributed by atoms with Crippen molar-refractivity contribution < 1.29 is 27.6 Å². The highest BCUT2D eigenvalue weighted by atomic mass is 32.2. The fraction of sp³-hybridized carbons (Fsp3) is 0.447. The number of nitrogens with one attached hydrogen (secondary N) is 3. The zero-order chi connectivity index (χ0) is 42.4. The number of sulfonamides is 1. The van der Waals surface area contributed by atoms with Gasteiger partial charge in [-0.2, -0.15) is 0 Å². The molecule has 3 saturated heterocycles. The van der Waals surface area contributed by atoms with Gasteiger partial charge in [-0.25, -0.2) is 18.1 Å². The lowest BCUT2D eigenvalue weighted by atomic mass is 9.59. The Balaban J connectivity index is 0.841. The van der Waals surface area contributed by atoms with Crippen LogP contribution in [0.3, 0.4) is 0 Å². The number of carbonyl (C=O) groups excluding carboxylic acids is 1. The van der Waals surface area contributed by atoms with E-state index < -0.39 is 31.4 Å². The van der Waals surface area contributed by atoms with Gasteiger partial charge in [-0.15, -0.1) is 0 Å². The van der Waals surface area contributed by atoms with Crippen LogP contribution in [0.2, 0.25) is 0 Å². The number of hydrogen-bond acceptors (Lipinski definition) is 11. The van der Waals surface area contributed by atoms with Gasteiger partial charge in [-0.3, -0.25) is 19.8 Å². The van der Waals surface area contributed by atoms with Crippen LogP contribution in [-0.2, 0) is 14.8 Å². The summed E-state index contributed by atoms with van der Waals surface area (Å²) >= 11 is 0. The number of aromatic nitrogens is 2. The Morgan fingerprint density at radius 1 is 0.952 bits per heavy atom. The minimum absolute atomic E-state index is 0.00511. The van der Waals surface area contributed by atoms with E-state index in [-0.39, 0.29) is 22.9 Å². The number of fused-ring (bicyclic) bond motifs is 1. The van der Waals surface area contributed by atoms with Crippen molar-refractivity contribution in [2.45, 2.75) is 87.1 Å². The van der Waals surface area contributed by atoms with Crippen molar-refractivity contribution in [1.29, 1.82) is 0 Å². The quantitative estimate of drug-likeness (QED) is 0.0764. The fourth-order valence-corrected chi connectivity index (χ4v) is 11.5. The first-order valence-electron chi connectivity index (χ1n) is 22.1. The zero-order valence-corrected chi connectivity index (χ0v) is 35.6. The molecule has 0 radical (unpaired) electrons. The van der Waals surface area contributed by atoms with Crippen LogP contribution in [0, 0.1) is 21.4 Å². The minimum Gasteiger partial charge on any atom is -0.455 e. The third-order valence-electron chi connectivity index (χ3n) is 14.1. The number of piperidine rings is 1. The average molecular weight is 860 g/mol. The molecule has 62 heavy (non-hydrogen) atoms. The van der Waals surface area contributed by atoms with Crippen molar-refractivity contribution in [3.8, 4) is 11.5 Å². The number of rotatable bonds is 13. The molecule has 14 nitrogen and oxygen atoms in total. The molecule has 2 saturated carbocycles. The summed E-state index contributed by atoms with van der Waals surface area (Å²) in [4.78, 5) is 37.6. The lowest BCUT2D eigenvalue weighted by molar-refractivity contribution is -0.384. The van der Waals surface area contributed by atoms with Crippen molar-refractivity contribution in [3.63, 3.8) is 0 Å². The molecule has 0 bridgehead atoms. The van der Waals surface area contributed by atoms with Crippen molar-refractivity contribution in [1.82, 2.24) is 19.6 Å². The molecule has 2 aromatic heterocycles. The van der Waals surface area contributed by atoms with Crippen LogP contribution in [0.25, 0.3) is 11.0 Å². The van der Waals surface area contributed by atoms with Crippen LogP contribution < -0.4 is 19.7 Å². The second-order valence-electron chi connectivity index (χ2n) is 18.0. The Hall–Kier alpha value is -5.51. The number of nitro benzene ring substituents is 1. The first kappa shape index (κ1) is 40.6. The zero-order valence-electron chi connectivity index (χ0n) is 34.8. The Morgan fingerprint density at radius 2 is 1.74 bits per heavy atom. The van der Waals surface area contributed by atoms with Gasteiger partial charge in [-0.05, 0) is 136 Å². The summed E-state index contributed by atoms with van der Waals surface area (Å²) < 4.78 is 41.3. The van der Waals surface area contributed by atoms with E-state index >= 15 is 0 Å². The molecule has 5 aliphatic rings. The Kier molecular flexibility index (Phi) is 10.9. The number of anilines is 2. The van der Waals surface area contributed by atoms with E-state index in [0.717, 1.165) is 61.8 Å². The number of nitrogens with zero attached hydrogens (tertiary/aromatic N) is 4. The Bertz CT molecular complexity index is 2590. The van der Waals surface area contributed by atoms with Crippen molar-refractivity contribution in [2.24, 2.45) is 11.3 Å². The molecule has 5 heterocycles. The van der Waals surface area contributed by atoms with Gasteiger partial charge in [0, 0.05) is 74.3 Å². The third-order valence-corrected chi connectivity index (χ3v) is 15.4. The number of ether oxygens (including phenoxy) is 2. The maximum Gasteiger partial charge on any atom is 0.293 e. The molecule has 3 aliphatic heterocycles. The van der Waals surface area contributed by atoms with Gasteiger partial charge in [0.1, 0.15) is 22.8 Å². The number of hydrogen-bond donors (Lipinski definition) is 3. The van der Waals surface area contributed by atoms with E-state index in [0.29, 0.717) is 48.7 Å². The molecule has 324 valence electrons. The van der Waals surface area contributed by atoms with E-state index in [9.17, 15) is 23.3 Å². The molecule has 5 fully saturated rings. The monoisotopic (exact) mass is 859 g/mol. The molecule has 1 amide bonds. The highest BCUT2D eigenvalue weighted by Gasteiger charge is 2.50. The van der Waals surface area contributed by atoms with Gasteiger partial charge in [0.25, 0.3) is 21.6 Å². The molecular weight excluding hydrogens is 807 g/mol. The van der Waals surface area contributed by atoms with Crippen LogP contribution in [0.4, 0.5) is 17.1 Å². The van der Waals surface area contributed by atoms with E-state index in [1.165, 1.54) is 57.2 Å². The van der Waals surface area contributed by atoms with Crippen LogP contribution in [-0.4, -0.2) is 79.6 Å². The normalized spacial score (nSPS) is 20.9. The molecule has 1 unspecified atom stereocenters. The number of likely N-dealkylation sites (tertiary alicyclic amines) is 1. The largest absolute Gasteiger partial charge is 0.455 e. The average Bonchev–Trinajstić information content (AvgIpc) is 3.82. The molecule has 5 aromatic rings. The maximum absolute atomic E-state index is 13.9. The second-order valence-corrected chi connectivity index (χ2v) is 19.7. The van der Waals surface area contributed by atoms with Crippen LogP contribution in [0.15, 0.2) is 90.1 Å². The molecular formula is C47H53N7O7S. The highest BCUT2D eigenvalue weighted by molar-refractivity contribution is 7.90. The third kappa shape index (κ3) is 8.25. The van der Waals surface area contributed by atoms with E-state index in [1.807, 2.05) is 12.1 Å². The van der Waals surface area contributed by atoms with Gasteiger partial charge in [0.2, 0.25) is 0 Å². The molecule has 1 spiro atoms. The Morgan fingerprint density at radius 3 is 2.52 bits per heavy atom. The summed E-state index contributed by atoms with van der Waals surface area (Å²) in [5.41, 5.74) is 4.81. The number of nitro groups is 1. The van der Waals surface area contributed by atoms with Crippen molar-refractivity contribution in [2.75, 3.05) is 49.6 Å². The SMILES string of the molecule is O=C(NS(=O)(=O)c1ccc(NCC2CCOCC2)c([N+](=O)[O-])c1)c1ccc(N2CCC3(CC2)CC(N2CCCC2c2ccccc2C2CC2)C3)cc1Oc1cnc2[nH]ccc2c1. The number of pyridine rings is 1. The first-order valence-corrected chi connectivity index (χ1v) is 23.6. The van der Waals surface area contributed by atoms with E-state index in [2.05, 4.69) is 54.1 Å². The van der Waals surface area contributed by atoms with Crippen molar-refractivity contribution >= 4 is 44.0 Å². The van der Waals surface area contributed by atoms with Gasteiger partial charge >= 0.3 is 0 Å². The standard InChI is InChI=1S/C47H53N7O7S/c55-46(51-62(58,59)37-10-12-41(43(26-37)54(56)57)49-29-31-14-22-60-23-15-31)40-11-9-34(25-44(40)61-36-24-33-13-18-48-45(33)50-30-36)52-20-16-47(17-21-52)27-35(28-47)53-19-3-6-42(53)39-5-2-1-4-38(39)32-7-8-32/h1-2,4-5,9-13,18,24-26,30-32,35,42,49H,3,6-8,14-17,19-23,27-29H2,(H,48,50)(H,51,55). The molecule has 10 rings (SSSR count). The molecule has 3 aromatic carbocycles. The van der Waals surface area contributed by atoms with E-state index in [4.69, 9.17) is 9.47 Å². The number of aromatic amines is 1. The van der Waals surface area contributed by atoms with Crippen molar-refractivity contribution in [3.05, 3.63) is 112 Å². The topological polar surface area (TPSA) is 172 Å². The van der Waals surface area contributed by atoms with Gasteiger partial charge < -0.3 is 24.7 Å². The number of H-pyrrole nitrogens is 1. The lowest BCUT2D eigenvalue weighted by Gasteiger charge is -2.56. The summed E-state index contributed by atoms with van der Waals surface area (Å²) in [6, 6.07) is 22.8. The number of carbonyl (C=O) groups is 1. The first-order chi connectivity index (χ1) is 30.1. The van der Waals surface area contributed by atoms with Crippen LogP contribution in [0.5, 0.6) is 11.5 Å². The molecule has 2 aliphatic carbocycles. The fourth-order valence-electron chi connectivity index (χ4n) is 10.5. The Labute approximate surface area is 361 Å². The number of amides is 1. The predicted octanol–water partition coefficient (Wildman–Crippen LogP) is 8.68. The summed E-state index contributed by atoms with van der Waals surface area (Å²) in [5, 5.41) is 16.0. The predicted molar refractivity (Wildman–Crippen MR) is 236 cm³/mol. The van der Waals surface area contributed by atoms with Gasteiger partial charge in [0.05, 0.1) is 21.6 Å². The van der Waals surface area contributed by atoms with Crippen LogP contribution >= 0.6 is 0 Å². The molecule has 1 atom stereocenters. The molecule has 3 N–H and O–H groups in total. The summed E-state index contributed by atoms with van der Waals surface area (Å²) in [6.45, 7) is 4.65.